The molecule has 0 N–H and O–H groups in total. The third-order valence-electron chi connectivity index (χ3n) is 2.68. The molecule has 1 aromatic heterocycles. The summed E-state index contributed by atoms with van der Waals surface area (Å²) in [5.41, 5.74) is 3.21. The van der Waals surface area contributed by atoms with Gasteiger partial charge in [0.05, 0.1) is 29.1 Å². The number of hydrogen-bond donors (Lipinski definition) is 0. The third-order valence-corrected chi connectivity index (χ3v) is 4.24. The van der Waals surface area contributed by atoms with E-state index in [9.17, 15) is 0 Å². The number of hydrogen-bond acceptors (Lipinski definition) is 2. The Hall–Kier alpha value is -0.650. The molecule has 5 heteroatoms. The Bertz CT molecular complexity index is 535. The highest BCUT2D eigenvalue weighted by Gasteiger charge is 2.10. The number of rotatable bonds is 4. The molecule has 0 spiro atoms. The largest absolute Gasteiger partial charge is 0.370 e. The van der Waals surface area contributed by atoms with Crippen molar-refractivity contribution in [3.05, 3.63) is 50.2 Å². The zero-order valence-electron chi connectivity index (χ0n) is 10.3. The van der Waals surface area contributed by atoms with Crippen LogP contribution in [0.4, 0.5) is 0 Å². The molecule has 0 atom stereocenters. The number of ether oxygens (including phenoxy) is 1. The van der Waals surface area contributed by atoms with Gasteiger partial charge in [-0.1, -0.05) is 28.1 Å². The van der Waals surface area contributed by atoms with Crippen LogP contribution < -0.4 is 0 Å². The molecule has 0 radical (unpaired) electrons. The molecule has 1 heterocycles. The van der Waals surface area contributed by atoms with Gasteiger partial charge in [0.1, 0.15) is 0 Å². The molecule has 0 bridgehead atoms. The molecule has 0 saturated heterocycles. The summed E-state index contributed by atoms with van der Waals surface area (Å²) in [6.45, 7) is 3.13. The number of aryl methyl sites for hydroxylation is 2. The molecule has 0 aliphatic carbocycles. The average Bonchev–Trinajstić information content (AvgIpc) is 2.58. The minimum Gasteiger partial charge on any atom is -0.370 e. The van der Waals surface area contributed by atoms with Crippen molar-refractivity contribution >= 4 is 31.9 Å². The Morgan fingerprint density at radius 1 is 1.17 bits per heavy atom. The minimum absolute atomic E-state index is 0.550. The highest BCUT2D eigenvalue weighted by molar-refractivity contribution is 9.10. The van der Waals surface area contributed by atoms with Crippen LogP contribution in [-0.2, 0) is 25.0 Å². The molecule has 1 aromatic carbocycles. The van der Waals surface area contributed by atoms with Gasteiger partial charge in [-0.05, 0) is 40.5 Å². The maximum atomic E-state index is 5.71. The van der Waals surface area contributed by atoms with Gasteiger partial charge in [0.15, 0.2) is 0 Å². The van der Waals surface area contributed by atoms with E-state index >= 15 is 0 Å². The molecule has 0 aliphatic rings. The van der Waals surface area contributed by atoms with E-state index in [-0.39, 0.29) is 0 Å². The minimum atomic E-state index is 0.550. The van der Waals surface area contributed by atoms with Crippen molar-refractivity contribution in [2.45, 2.75) is 20.1 Å². The Balaban J connectivity index is 1.94. The van der Waals surface area contributed by atoms with Crippen LogP contribution >= 0.6 is 31.9 Å². The zero-order chi connectivity index (χ0) is 13.1. The van der Waals surface area contributed by atoms with E-state index in [1.807, 2.05) is 42.9 Å². The first kappa shape index (κ1) is 13.8. The molecule has 0 fully saturated rings. The molecular weight excluding hydrogens is 360 g/mol. The lowest BCUT2D eigenvalue weighted by atomic mass is 10.2. The summed E-state index contributed by atoms with van der Waals surface area (Å²) in [6.07, 6.45) is 0. The van der Waals surface area contributed by atoms with Crippen LogP contribution in [0.3, 0.4) is 0 Å². The standard InChI is InChI=1S/C13H14Br2N2O/c1-9-13(15)12(17(2)16-9)8-18-7-10-3-5-11(14)6-4-10/h3-6H,7-8H2,1-2H3. The van der Waals surface area contributed by atoms with Gasteiger partial charge >= 0.3 is 0 Å². The van der Waals surface area contributed by atoms with Crippen molar-refractivity contribution < 1.29 is 4.74 Å². The normalized spacial score (nSPS) is 10.9. The molecule has 2 rings (SSSR count). The van der Waals surface area contributed by atoms with Gasteiger partial charge in [0, 0.05) is 11.5 Å². The van der Waals surface area contributed by atoms with E-state index in [0.717, 1.165) is 25.9 Å². The maximum Gasteiger partial charge on any atom is 0.0900 e. The fraction of sp³-hybridized carbons (Fsp3) is 0.308. The molecule has 3 nitrogen and oxygen atoms in total. The first-order valence-corrected chi connectivity index (χ1v) is 7.16. The third kappa shape index (κ3) is 3.22. The lowest BCUT2D eigenvalue weighted by Crippen LogP contribution is -2.02. The van der Waals surface area contributed by atoms with Crippen molar-refractivity contribution in [3.8, 4) is 0 Å². The Kier molecular flexibility index (Phi) is 4.59. The Morgan fingerprint density at radius 2 is 1.83 bits per heavy atom. The predicted octanol–water partition coefficient (Wildman–Crippen LogP) is 3.97. The van der Waals surface area contributed by atoms with Crippen molar-refractivity contribution in [2.75, 3.05) is 0 Å². The summed E-state index contributed by atoms with van der Waals surface area (Å²) < 4.78 is 9.67. The van der Waals surface area contributed by atoms with Crippen LogP contribution in [0.5, 0.6) is 0 Å². The second-order valence-electron chi connectivity index (χ2n) is 4.09. The van der Waals surface area contributed by atoms with Crippen LogP contribution in [0.25, 0.3) is 0 Å². The molecule has 18 heavy (non-hydrogen) atoms. The van der Waals surface area contributed by atoms with Gasteiger partial charge < -0.3 is 4.74 Å². The second-order valence-corrected chi connectivity index (χ2v) is 5.80. The van der Waals surface area contributed by atoms with Crippen LogP contribution in [0.1, 0.15) is 17.0 Å². The van der Waals surface area contributed by atoms with Crippen molar-refractivity contribution in [1.29, 1.82) is 0 Å². The molecule has 0 amide bonds. The smallest absolute Gasteiger partial charge is 0.0900 e. The first-order chi connectivity index (χ1) is 8.58. The summed E-state index contributed by atoms with van der Waals surface area (Å²) >= 11 is 6.94. The van der Waals surface area contributed by atoms with E-state index in [2.05, 4.69) is 37.0 Å². The van der Waals surface area contributed by atoms with Gasteiger partial charge in [-0.2, -0.15) is 5.10 Å². The summed E-state index contributed by atoms with van der Waals surface area (Å²) in [4.78, 5) is 0. The second kappa shape index (κ2) is 5.99. The fourth-order valence-corrected chi connectivity index (χ4v) is 2.40. The monoisotopic (exact) mass is 372 g/mol. The maximum absolute atomic E-state index is 5.71. The van der Waals surface area contributed by atoms with Crippen LogP contribution in [0.15, 0.2) is 33.2 Å². The van der Waals surface area contributed by atoms with E-state index in [4.69, 9.17) is 4.74 Å². The van der Waals surface area contributed by atoms with E-state index in [1.165, 1.54) is 0 Å². The first-order valence-electron chi connectivity index (χ1n) is 5.58. The molecule has 0 saturated carbocycles. The van der Waals surface area contributed by atoms with Gasteiger partial charge in [0.25, 0.3) is 0 Å². The van der Waals surface area contributed by atoms with Gasteiger partial charge in [-0.25, -0.2) is 0 Å². The van der Waals surface area contributed by atoms with Crippen LogP contribution in [0.2, 0.25) is 0 Å². The molecular formula is C13H14Br2N2O. The summed E-state index contributed by atoms with van der Waals surface area (Å²) in [6, 6.07) is 8.13. The zero-order valence-corrected chi connectivity index (χ0v) is 13.5. The van der Waals surface area contributed by atoms with Crippen LogP contribution in [0, 0.1) is 6.92 Å². The number of benzene rings is 1. The quantitative estimate of drug-likeness (QED) is 0.810. The summed E-state index contributed by atoms with van der Waals surface area (Å²) in [5, 5.41) is 4.33. The SMILES string of the molecule is Cc1nn(C)c(COCc2ccc(Br)cc2)c1Br. The lowest BCUT2D eigenvalue weighted by Gasteiger charge is -2.06. The lowest BCUT2D eigenvalue weighted by molar-refractivity contribution is 0.102. The fourth-order valence-electron chi connectivity index (χ4n) is 1.68. The summed E-state index contributed by atoms with van der Waals surface area (Å²) in [5.74, 6) is 0. The Morgan fingerprint density at radius 3 is 2.39 bits per heavy atom. The van der Waals surface area contributed by atoms with Gasteiger partial charge in [-0.15, -0.1) is 0 Å². The van der Waals surface area contributed by atoms with Crippen molar-refractivity contribution in [3.63, 3.8) is 0 Å². The van der Waals surface area contributed by atoms with Crippen molar-refractivity contribution in [2.24, 2.45) is 7.05 Å². The van der Waals surface area contributed by atoms with Gasteiger partial charge in [-0.3, -0.25) is 4.68 Å². The predicted molar refractivity (Wildman–Crippen MR) is 78.3 cm³/mol. The topological polar surface area (TPSA) is 27.1 Å². The van der Waals surface area contributed by atoms with E-state index < -0.39 is 0 Å². The molecule has 96 valence electrons. The van der Waals surface area contributed by atoms with E-state index in [1.54, 1.807) is 0 Å². The molecule has 0 aliphatic heterocycles. The number of halogens is 2. The molecule has 0 unspecified atom stereocenters. The molecule has 2 aromatic rings. The highest BCUT2D eigenvalue weighted by atomic mass is 79.9. The Labute approximate surface area is 123 Å². The number of aromatic nitrogens is 2. The van der Waals surface area contributed by atoms with Gasteiger partial charge in [0.2, 0.25) is 0 Å². The van der Waals surface area contributed by atoms with E-state index in [0.29, 0.717) is 13.2 Å². The highest BCUT2D eigenvalue weighted by Crippen LogP contribution is 2.21. The van der Waals surface area contributed by atoms with Crippen molar-refractivity contribution in [1.82, 2.24) is 9.78 Å². The summed E-state index contributed by atoms with van der Waals surface area (Å²) in [7, 11) is 1.93. The average molecular weight is 374 g/mol. The van der Waals surface area contributed by atoms with Crippen LogP contribution in [-0.4, -0.2) is 9.78 Å². The number of nitrogens with zero attached hydrogens (tertiary/aromatic N) is 2.